The minimum atomic E-state index is -0.117. The number of hydrogen-bond acceptors (Lipinski definition) is 6. The summed E-state index contributed by atoms with van der Waals surface area (Å²) in [5, 5.41) is 0. The molecule has 0 unspecified atom stereocenters. The summed E-state index contributed by atoms with van der Waals surface area (Å²) >= 11 is 0. The topological polar surface area (TPSA) is 60.5 Å². The summed E-state index contributed by atoms with van der Waals surface area (Å²) in [6.45, 7) is 17.1. The lowest BCUT2D eigenvalue weighted by Gasteiger charge is -2.39. The van der Waals surface area contributed by atoms with Gasteiger partial charge in [-0.15, -0.1) is 0 Å². The summed E-state index contributed by atoms with van der Waals surface area (Å²) in [5.74, 6) is 3.13. The molecule has 0 fully saturated rings. The zero-order valence-electron chi connectivity index (χ0n) is 23.5. The van der Waals surface area contributed by atoms with Gasteiger partial charge in [0.1, 0.15) is 0 Å². The molecule has 1 heterocycles. The fraction of sp³-hybridized carbons (Fsp3) is 0.567. The van der Waals surface area contributed by atoms with Crippen LogP contribution in [0.25, 0.3) is 0 Å². The molecule has 0 N–H and O–H groups in total. The third-order valence-corrected chi connectivity index (χ3v) is 6.77. The van der Waals surface area contributed by atoms with Gasteiger partial charge in [0.2, 0.25) is 5.91 Å². The van der Waals surface area contributed by atoms with Gasteiger partial charge in [0, 0.05) is 6.54 Å². The summed E-state index contributed by atoms with van der Waals surface area (Å²) in [5.41, 5.74) is 3.43. The number of likely N-dealkylation sites (N-methyl/N-ethyl adjacent to an activating group) is 1. The summed E-state index contributed by atoms with van der Waals surface area (Å²) in [6, 6.07) is 10.2. The Labute approximate surface area is 222 Å². The lowest BCUT2D eigenvalue weighted by Crippen LogP contribution is -2.46. The molecule has 0 aromatic heterocycles. The molecule has 2 aromatic rings. The molecule has 1 aliphatic heterocycles. The molecule has 1 aliphatic rings. The van der Waals surface area contributed by atoms with E-state index in [1.165, 1.54) is 5.56 Å². The van der Waals surface area contributed by atoms with Gasteiger partial charge in [-0.3, -0.25) is 9.69 Å². The molecule has 0 bridgehead atoms. The molecule has 0 radical (unpaired) electrons. The fourth-order valence-corrected chi connectivity index (χ4v) is 4.94. The van der Waals surface area contributed by atoms with Gasteiger partial charge in [-0.25, -0.2) is 0 Å². The molecule has 7 heteroatoms. The van der Waals surface area contributed by atoms with Crippen molar-refractivity contribution in [3.05, 3.63) is 47.0 Å². The molecule has 1 amide bonds. The van der Waals surface area contributed by atoms with Crippen LogP contribution in [0, 0.1) is 0 Å². The molecular formula is C30H44N2O5. The number of ether oxygens (including phenoxy) is 4. The molecule has 204 valence electrons. The van der Waals surface area contributed by atoms with E-state index in [0.717, 1.165) is 53.6 Å². The summed E-state index contributed by atoms with van der Waals surface area (Å²) < 4.78 is 23.5. The van der Waals surface area contributed by atoms with E-state index in [1.807, 2.05) is 44.7 Å². The van der Waals surface area contributed by atoms with Crippen molar-refractivity contribution < 1.29 is 23.7 Å². The van der Waals surface area contributed by atoms with E-state index in [9.17, 15) is 4.79 Å². The van der Waals surface area contributed by atoms with Crippen molar-refractivity contribution in [1.82, 2.24) is 9.80 Å². The Bertz CT molecular complexity index is 1020. The maximum atomic E-state index is 13.6. The highest BCUT2D eigenvalue weighted by Crippen LogP contribution is 2.41. The number of benzene rings is 2. The first-order valence-corrected chi connectivity index (χ1v) is 13.8. The smallest absolute Gasteiger partial charge is 0.237 e. The molecule has 37 heavy (non-hydrogen) atoms. The maximum absolute atomic E-state index is 13.6. The van der Waals surface area contributed by atoms with Gasteiger partial charge in [-0.05, 0) is 94.6 Å². The first-order valence-electron chi connectivity index (χ1n) is 13.8. The van der Waals surface area contributed by atoms with Crippen molar-refractivity contribution in [1.29, 1.82) is 0 Å². The van der Waals surface area contributed by atoms with Gasteiger partial charge in [0.05, 0.1) is 39.0 Å². The maximum Gasteiger partial charge on any atom is 0.237 e. The number of carbonyl (C=O) groups is 1. The number of nitrogens with zero attached hydrogens (tertiary/aromatic N) is 2. The van der Waals surface area contributed by atoms with Crippen LogP contribution >= 0.6 is 0 Å². The normalized spacial score (nSPS) is 14.9. The SMILES string of the molecule is CCOc1ccc(C[C@@H]2c3cc(OCC)c(OCC)cc3CCN2C(=O)CN(CC)CC)cc1OCC. The Balaban J connectivity index is 2.04. The first-order chi connectivity index (χ1) is 18.0. The van der Waals surface area contributed by atoms with E-state index in [2.05, 4.69) is 36.9 Å². The largest absolute Gasteiger partial charge is 0.490 e. The first kappa shape index (κ1) is 28.6. The van der Waals surface area contributed by atoms with Crippen molar-refractivity contribution in [3.63, 3.8) is 0 Å². The quantitative estimate of drug-likeness (QED) is 0.343. The number of carbonyl (C=O) groups excluding carboxylic acids is 1. The Morgan fingerprint density at radius 2 is 1.38 bits per heavy atom. The minimum absolute atomic E-state index is 0.117. The third-order valence-electron chi connectivity index (χ3n) is 6.77. The average Bonchev–Trinajstić information content (AvgIpc) is 2.89. The Hall–Kier alpha value is -2.93. The fourth-order valence-electron chi connectivity index (χ4n) is 4.94. The summed E-state index contributed by atoms with van der Waals surface area (Å²) in [7, 11) is 0. The van der Waals surface area contributed by atoms with Crippen molar-refractivity contribution >= 4 is 5.91 Å². The number of amides is 1. The van der Waals surface area contributed by atoms with Crippen LogP contribution in [0.2, 0.25) is 0 Å². The molecule has 0 saturated heterocycles. The zero-order valence-corrected chi connectivity index (χ0v) is 23.5. The predicted octanol–water partition coefficient (Wildman–Crippen LogP) is 5.29. The second kappa shape index (κ2) is 14.1. The lowest BCUT2D eigenvalue weighted by atomic mass is 9.88. The van der Waals surface area contributed by atoms with Crippen LogP contribution in [0.5, 0.6) is 23.0 Å². The van der Waals surface area contributed by atoms with Crippen LogP contribution < -0.4 is 18.9 Å². The minimum Gasteiger partial charge on any atom is -0.490 e. The zero-order chi connectivity index (χ0) is 26.8. The third kappa shape index (κ3) is 7.10. The second-order valence-corrected chi connectivity index (χ2v) is 9.03. The number of rotatable bonds is 14. The monoisotopic (exact) mass is 512 g/mol. The molecule has 0 aliphatic carbocycles. The standard InChI is InChI=1S/C30H44N2O5/c1-7-31(8-2)21-30(33)32-16-15-23-19-28(36-11-5)29(37-12-6)20-24(23)25(32)17-22-13-14-26(34-9-3)27(18-22)35-10-4/h13-14,18-20,25H,7-12,15-17,21H2,1-6H3/t25-/m1/s1. The molecule has 2 aromatic carbocycles. The Kier molecular flexibility index (Phi) is 10.9. The van der Waals surface area contributed by atoms with Gasteiger partial charge < -0.3 is 23.8 Å². The lowest BCUT2D eigenvalue weighted by molar-refractivity contribution is -0.135. The number of hydrogen-bond donors (Lipinski definition) is 0. The van der Waals surface area contributed by atoms with Gasteiger partial charge >= 0.3 is 0 Å². The molecule has 0 spiro atoms. The highest BCUT2D eigenvalue weighted by molar-refractivity contribution is 5.79. The van der Waals surface area contributed by atoms with Crippen LogP contribution in [0.3, 0.4) is 0 Å². The van der Waals surface area contributed by atoms with Crippen LogP contribution in [0.1, 0.15) is 64.3 Å². The molecular weight excluding hydrogens is 468 g/mol. The Morgan fingerprint density at radius 1 is 0.811 bits per heavy atom. The molecule has 0 saturated carbocycles. The molecule has 7 nitrogen and oxygen atoms in total. The van der Waals surface area contributed by atoms with Crippen LogP contribution in [0.4, 0.5) is 0 Å². The van der Waals surface area contributed by atoms with Gasteiger partial charge in [0.15, 0.2) is 23.0 Å². The van der Waals surface area contributed by atoms with Gasteiger partial charge in [-0.1, -0.05) is 19.9 Å². The van der Waals surface area contributed by atoms with Crippen molar-refractivity contribution in [2.75, 3.05) is 52.6 Å². The van der Waals surface area contributed by atoms with E-state index in [-0.39, 0.29) is 11.9 Å². The Morgan fingerprint density at radius 3 is 1.97 bits per heavy atom. The van der Waals surface area contributed by atoms with Crippen LogP contribution in [-0.4, -0.2) is 68.3 Å². The molecule has 1 atom stereocenters. The van der Waals surface area contributed by atoms with Crippen molar-refractivity contribution in [3.8, 4) is 23.0 Å². The summed E-state index contributed by atoms with van der Waals surface area (Å²) in [4.78, 5) is 17.8. The van der Waals surface area contributed by atoms with E-state index in [1.54, 1.807) is 0 Å². The van der Waals surface area contributed by atoms with Crippen molar-refractivity contribution in [2.24, 2.45) is 0 Å². The van der Waals surface area contributed by atoms with Gasteiger partial charge in [0.25, 0.3) is 0 Å². The van der Waals surface area contributed by atoms with E-state index >= 15 is 0 Å². The van der Waals surface area contributed by atoms with E-state index < -0.39 is 0 Å². The second-order valence-electron chi connectivity index (χ2n) is 9.03. The van der Waals surface area contributed by atoms with E-state index in [0.29, 0.717) is 45.9 Å². The highest BCUT2D eigenvalue weighted by Gasteiger charge is 2.33. The molecule has 3 rings (SSSR count). The van der Waals surface area contributed by atoms with Crippen molar-refractivity contribution in [2.45, 2.75) is 60.4 Å². The number of fused-ring (bicyclic) bond motifs is 1. The highest BCUT2D eigenvalue weighted by atomic mass is 16.5. The summed E-state index contributed by atoms with van der Waals surface area (Å²) in [6.07, 6.45) is 1.46. The predicted molar refractivity (Wildman–Crippen MR) is 147 cm³/mol. The van der Waals surface area contributed by atoms with Crippen LogP contribution in [0.15, 0.2) is 30.3 Å². The van der Waals surface area contributed by atoms with Gasteiger partial charge in [-0.2, -0.15) is 0 Å². The average molecular weight is 513 g/mol. The van der Waals surface area contributed by atoms with Crippen LogP contribution in [-0.2, 0) is 17.6 Å². The van der Waals surface area contributed by atoms with E-state index in [4.69, 9.17) is 18.9 Å².